The van der Waals surface area contributed by atoms with Gasteiger partial charge in [0.25, 0.3) is 0 Å². The number of likely N-dealkylation sites (tertiary alicyclic amines) is 1. The number of hydrogen-bond acceptors (Lipinski definition) is 3. The van der Waals surface area contributed by atoms with Crippen LogP contribution < -0.4 is 0 Å². The van der Waals surface area contributed by atoms with Gasteiger partial charge in [0.2, 0.25) is 5.91 Å². The smallest absolute Gasteiger partial charge is 0.236 e. The first kappa shape index (κ1) is 14.0. The first-order chi connectivity index (χ1) is 9.79. The van der Waals surface area contributed by atoms with Crippen molar-refractivity contribution in [2.24, 2.45) is 0 Å². The molecule has 108 valence electrons. The molecule has 1 aromatic carbocycles. The number of benzene rings is 1. The Labute approximate surface area is 124 Å². The van der Waals surface area contributed by atoms with Crippen LogP contribution in [0, 0.1) is 0 Å². The Hall–Kier alpha value is -1.00. The Morgan fingerprint density at radius 3 is 2.95 bits per heavy atom. The zero-order valence-corrected chi connectivity index (χ0v) is 12.4. The Morgan fingerprint density at radius 2 is 2.15 bits per heavy atom. The van der Waals surface area contributed by atoms with Gasteiger partial charge >= 0.3 is 0 Å². The summed E-state index contributed by atoms with van der Waals surface area (Å²) in [5.41, 5.74) is 1.28. The number of thioether (sulfide) groups is 1. The van der Waals surface area contributed by atoms with Crippen molar-refractivity contribution < 1.29 is 9.90 Å². The molecule has 1 amide bonds. The van der Waals surface area contributed by atoms with Crippen molar-refractivity contribution in [1.29, 1.82) is 0 Å². The van der Waals surface area contributed by atoms with Crippen LogP contribution in [0.4, 0.5) is 0 Å². The van der Waals surface area contributed by atoms with Crippen LogP contribution >= 0.6 is 11.8 Å². The molecule has 2 atom stereocenters. The molecule has 4 heteroatoms. The van der Waals surface area contributed by atoms with E-state index in [4.69, 9.17) is 0 Å². The SMILES string of the molecule is O=C(C1Cc2ccccc2S1)N1CCCCCC1CO. The van der Waals surface area contributed by atoms with Gasteiger partial charge in [-0.1, -0.05) is 31.0 Å². The molecule has 2 aliphatic heterocycles. The molecular formula is C16H21NO2S. The van der Waals surface area contributed by atoms with Gasteiger partial charge < -0.3 is 10.0 Å². The van der Waals surface area contributed by atoms with Crippen LogP contribution in [-0.4, -0.2) is 40.4 Å². The highest BCUT2D eigenvalue weighted by molar-refractivity contribution is 8.01. The highest BCUT2D eigenvalue weighted by Gasteiger charge is 2.34. The number of fused-ring (bicyclic) bond motifs is 1. The fourth-order valence-electron chi connectivity index (χ4n) is 3.16. The third kappa shape index (κ3) is 2.72. The van der Waals surface area contributed by atoms with E-state index in [0.29, 0.717) is 0 Å². The van der Waals surface area contributed by atoms with E-state index < -0.39 is 0 Å². The summed E-state index contributed by atoms with van der Waals surface area (Å²) < 4.78 is 0. The quantitative estimate of drug-likeness (QED) is 0.910. The average molecular weight is 291 g/mol. The zero-order valence-electron chi connectivity index (χ0n) is 11.6. The first-order valence-corrected chi connectivity index (χ1v) is 8.33. The lowest BCUT2D eigenvalue weighted by Crippen LogP contribution is -2.46. The lowest BCUT2D eigenvalue weighted by Gasteiger charge is -2.30. The minimum Gasteiger partial charge on any atom is -0.394 e. The number of nitrogens with zero attached hydrogens (tertiary/aromatic N) is 1. The predicted molar refractivity (Wildman–Crippen MR) is 80.8 cm³/mol. The van der Waals surface area contributed by atoms with E-state index in [1.54, 1.807) is 11.8 Å². The Kier molecular flexibility index (Phi) is 4.32. The number of rotatable bonds is 2. The van der Waals surface area contributed by atoms with Gasteiger partial charge in [0.05, 0.1) is 17.9 Å². The Balaban J connectivity index is 1.73. The molecule has 0 radical (unpaired) electrons. The summed E-state index contributed by atoms with van der Waals surface area (Å²) in [6, 6.07) is 8.30. The molecule has 1 saturated heterocycles. The monoisotopic (exact) mass is 291 g/mol. The molecular weight excluding hydrogens is 270 g/mol. The van der Waals surface area contributed by atoms with Gasteiger partial charge in [0.15, 0.2) is 0 Å². The molecule has 0 aromatic heterocycles. The van der Waals surface area contributed by atoms with E-state index in [1.165, 1.54) is 10.5 Å². The van der Waals surface area contributed by atoms with Crippen LogP contribution in [-0.2, 0) is 11.2 Å². The summed E-state index contributed by atoms with van der Waals surface area (Å²) in [6.45, 7) is 0.896. The highest BCUT2D eigenvalue weighted by atomic mass is 32.2. The molecule has 3 rings (SSSR count). The second-order valence-electron chi connectivity index (χ2n) is 5.64. The molecule has 1 fully saturated rings. The molecule has 0 spiro atoms. The summed E-state index contributed by atoms with van der Waals surface area (Å²) in [7, 11) is 0. The Morgan fingerprint density at radius 1 is 1.30 bits per heavy atom. The van der Waals surface area contributed by atoms with Crippen LogP contribution in [0.1, 0.15) is 31.2 Å². The maximum Gasteiger partial charge on any atom is 0.236 e. The van der Waals surface area contributed by atoms with E-state index in [0.717, 1.165) is 38.6 Å². The van der Waals surface area contributed by atoms with Crippen molar-refractivity contribution in [3.05, 3.63) is 29.8 Å². The number of aliphatic hydroxyl groups is 1. The summed E-state index contributed by atoms with van der Waals surface area (Å²) in [5, 5.41) is 9.55. The van der Waals surface area contributed by atoms with Crippen molar-refractivity contribution in [1.82, 2.24) is 4.90 Å². The van der Waals surface area contributed by atoms with Gasteiger partial charge in [0, 0.05) is 11.4 Å². The third-order valence-corrected chi connectivity index (χ3v) is 5.60. The van der Waals surface area contributed by atoms with Gasteiger partial charge in [-0.05, 0) is 30.9 Å². The van der Waals surface area contributed by atoms with Crippen LogP contribution in [0.5, 0.6) is 0 Å². The summed E-state index contributed by atoms with van der Waals surface area (Å²) >= 11 is 1.68. The maximum absolute atomic E-state index is 12.8. The lowest BCUT2D eigenvalue weighted by molar-refractivity contribution is -0.133. The summed E-state index contributed by atoms with van der Waals surface area (Å²) in [4.78, 5) is 16.0. The molecule has 1 N–H and O–H groups in total. The van der Waals surface area contributed by atoms with E-state index in [9.17, 15) is 9.90 Å². The van der Waals surface area contributed by atoms with Crippen molar-refractivity contribution in [3.8, 4) is 0 Å². The van der Waals surface area contributed by atoms with Gasteiger partial charge in [-0.15, -0.1) is 11.8 Å². The lowest BCUT2D eigenvalue weighted by atomic mass is 10.1. The average Bonchev–Trinajstić information content (AvgIpc) is 2.77. The van der Waals surface area contributed by atoms with E-state index in [2.05, 4.69) is 12.1 Å². The van der Waals surface area contributed by atoms with E-state index in [1.807, 2.05) is 17.0 Å². The number of hydrogen-bond donors (Lipinski definition) is 1. The van der Waals surface area contributed by atoms with Crippen molar-refractivity contribution >= 4 is 17.7 Å². The van der Waals surface area contributed by atoms with Gasteiger partial charge in [-0.2, -0.15) is 0 Å². The fourth-order valence-corrected chi connectivity index (χ4v) is 4.43. The zero-order chi connectivity index (χ0) is 13.9. The Bertz CT molecular complexity index is 466. The summed E-state index contributed by atoms with van der Waals surface area (Å²) in [6.07, 6.45) is 5.11. The van der Waals surface area contributed by atoms with Crippen LogP contribution in [0.25, 0.3) is 0 Å². The van der Waals surface area contributed by atoms with Crippen molar-refractivity contribution in [2.45, 2.75) is 48.3 Å². The second-order valence-corrected chi connectivity index (χ2v) is 6.88. The summed E-state index contributed by atoms with van der Waals surface area (Å²) in [5.74, 6) is 0.215. The van der Waals surface area contributed by atoms with Crippen molar-refractivity contribution in [3.63, 3.8) is 0 Å². The molecule has 0 saturated carbocycles. The molecule has 1 aromatic rings. The van der Waals surface area contributed by atoms with Crippen LogP contribution in [0.3, 0.4) is 0 Å². The predicted octanol–water partition coefficient (Wildman–Crippen LogP) is 2.47. The molecule has 3 nitrogen and oxygen atoms in total. The minimum atomic E-state index is -0.000417. The number of aliphatic hydroxyl groups excluding tert-OH is 1. The van der Waals surface area contributed by atoms with E-state index >= 15 is 0 Å². The topological polar surface area (TPSA) is 40.5 Å². The molecule has 2 aliphatic rings. The van der Waals surface area contributed by atoms with Crippen molar-refractivity contribution in [2.75, 3.05) is 13.2 Å². The van der Waals surface area contributed by atoms with E-state index in [-0.39, 0.29) is 23.8 Å². The van der Waals surface area contributed by atoms with Gasteiger partial charge in [-0.25, -0.2) is 0 Å². The highest BCUT2D eigenvalue weighted by Crippen LogP contribution is 2.38. The standard InChI is InChI=1S/C16H21NO2S/c18-11-13-7-2-1-5-9-17(13)16(19)15-10-12-6-3-4-8-14(12)20-15/h3-4,6,8,13,15,18H,1-2,5,7,9-11H2. The normalized spacial score (nSPS) is 26.1. The molecule has 2 unspecified atom stereocenters. The molecule has 2 heterocycles. The first-order valence-electron chi connectivity index (χ1n) is 7.45. The number of carbonyl (C=O) groups excluding carboxylic acids is 1. The maximum atomic E-state index is 12.8. The molecule has 0 bridgehead atoms. The molecule has 20 heavy (non-hydrogen) atoms. The van der Waals surface area contributed by atoms with Crippen LogP contribution in [0.2, 0.25) is 0 Å². The van der Waals surface area contributed by atoms with Gasteiger partial charge in [-0.3, -0.25) is 4.79 Å². The fraction of sp³-hybridized carbons (Fsp3) is 0.562. The van der Waals surface area contributed by atoms with Crippen LogP contribution in [0.15, 0.2) is 29.2 Å². The minimum absolute atomic E-state index is 0.000417. The number of amides is 1. The van der Waals surface area contributed by atoms with Gasteiger partial charge in [0.1, 0.15) is 0 Å². The second kappa shape index (κ2) is 6.19. The third-order valence-electron chi connectivity index (χ3n) is 4.29. The largest absolute Gasteiger partial charge is 0.394 e. The molecule has 0 aliphatic carbocycles. The number of carbonyl (C=O) groups is 1.